The van der Waals surface area contributed by atoms with E-state index in [1.54, 1.807) is 17.7 Å². The molecule has 4 heterocycles. The smallest absolute Gasteiger partial charge is 0.255 e. The average molecular weight is 460 g/mol. The molecule has 1 aliphatic carbocycles. The molecule has 0 aromatic carbocycles. The van der Waals surface area contributed by atoms with Crippen LogP contribution in [0, 0.1) is 11.3 Å². The van der Waals surface area contributed by atoms with Crippen LogP contribution in [0.2, 0.25) is 0 Å². The lowest BCUT2D eigenvalue weighted by atomic mass is 9.99. The highest BCUT2D eigenvalue weighted by Crippen LogP contribution is 2.39. The minimum atomic E-state index is -0.0659. The fourth-order valence-electron chi connectivity index (χ4n) is 5.28. The van der Waals surface area contributed by atoms with Gasteiger partial charge in [0, 0.05) is 68.2 Å². The van der Waals surface area contributed by atoms with Gasteiger partial charge in [-0.2, -0.15) is 10.4 Å². The van der Waals surface area contributed by atoms with Crippen LogP contribution in [0.3, 0.4) is 0 Å². The van der Waals surface area contributed by atoms with Crippen molar-refractivity contribution in [1.29, 1.82) is 5.26 Å². The minimum absolute atomic E-state index is 0.0659. The largest absolute Gasteiger partial charge is 0.351 e. The molecule has 5 rings (SSSR count). The molecule has 1 aliphatic heterocycles. The Balaban J connectivity index is 1.44. The van der Waals surface area contributed by atoms with Crippen LogP contribution in [0.25, 0.3) is 5.65 Å². The summed E-state index contributed by atoms with van der Waals surface area (Å²) < 4.78 is 3.42. The Bertz CT molecular complexity index is 1280. The van der Waals surface area contributed by atoms with Gasteiger partial charge in [0.2, 0.25) is 0 Å². The maximum absolute atomic E-state index is 12.8. The van der Waals surface area contributed by atoms with E-state index in [4.69, 9.17) is 10.2 Å². The van der Waals surface area contributed by atoms with E-state index in [0.717, 1.165) is 25.3 Å². The molecule has 2 fully saturated rings. The third-order valence-corrected chi connectivity index (χ3v) is 7.58. The van der Waals surface area contributed by atoms with Gasteiger partial charge in [0.1, 0.15) is 11.5 Å². The lowest BCUT2D eigenvalue weighted by Crippen LogP contribution is -2.58. The van der Waals surface area contributed by atoms with E-state index in [9.17, 15) is 4.79 Å². The van der Waals surface area contributed by atoms with E-state index < -0.39 is 0 Å². The van der Waals surface area contributed by atoms with Gasteiger partial charge in [-0.25, -0.2) is 4.52 Å². The van der Waals surface area contributed by atoms with Crippen molar-refractivity contribution in [2.45, 2.75) is 70.5 Å². The molecule has 3 aromatic rings. The molecule has 0 N–H and O–H groups in total. The molecular formula is C26H33N7O. The van der Waals surface area contributed by atoms with Crippen LogP contribution in [0.4, 0.5) is 5.82 Å². The molecule has 3 atom stereocenters. The summed E-state index contributed by atoms with van der Waals surface area (Å²) in [7, 11) is 1.75. The Morgan fingerprint density at radius 2 is 2.03 bits per heavy atom. The molecule has 34 heavy (non-hydrogen) atoms. The molecule has 0 unspecified atom stereocenters. The van der Waals surface area contributed by atoms with Crippen molar-refractivity contribution in [3.8, 4) is 6.07 Å². The summed E-state index contributed by atoms with van der Waals surface area (Å²) in [5, 5.41) is 13.8. The maximum atomic E-state index is 12.8. The molecule has 0 spiro atoms. The summed E-state index contributed by atoms with van der Waals surface area (Å²) in [5.74, 6) is 1.47. The van der Waals surface area contributed by atoms with E-state index in [0.29, 0.717) is 23.3 Å². The average Bonchev–Trinajstić information content (AvgIpc) is 3.61. The Morgan fingerprint density at radius 1 is 1.24 bits per heavy atom. The predicted octanol–water partition coefficient (Wildman–Crippen LogP) is 3.42. The Labute approximate surface area is 200 Å². The number of hydrogen-bond donors (Lipinski definition) is 0. The van der Waals surface area contributed by atoms with Crippen LogP contribution >= 0.6 is 0 Å². The maximum Gasteiger partial charge on any atom is 0.255 e. The van der Waals surface area contributed by atoms with Crippen LogP contribution in [0.15, 0.2) is 35.3 Å². The van der Waals surface area contributed by atoms with Gasteiger partial charge >= 0.3 is 0 Å². The third-order valence-electron chi connectivity index (χ3n) is 7.58. The topological polar surface area (TPSA) is 82.5 Å². The third kappa shape index (κ3) is 3.98. The fourth-order valence-corrected chi connectivity index (χ4v) is 5.28. The molecule has 0 bridgehead atoms. The van der Waals surface area contributed by atoms with Crippen molar-refractivity contribution >= 4 is 11.5 Å². The van der Waals surface area contributed by atoms with Crippen LogP contribution in [0.1, 0.15) is 68.9 Å². The first-order valence-electron chi connectivity index (χ1n) is 12.3. The number of anilines is 1. The lowest BCUT2D eigenvalue weighted by molar-refractivity contribution is 0.105. The number of rotatable bonds is 6. The molecular weight excluding hydrogens is 426 g/mol. The number of fused-ring (bicyclic) bond motifs is 1. The molecule has 8 nitrogen and oxygen atoms in total. The van der Waals surface area contributed by atoms with Crippen molar-refractivity contribution in [3.63, 3.8) is 0 Å². The molecule has 1 saturated heterocycles. The first kappa shape index (κ1) is 22.6. The monoisotopic (exact) mass is 459 g/mol. The van der Waals surface area contributed by atoms with Crippen LogP contribution < -0.4 is 10.5 Å². The van der Waals surface area contributed by atoms with E-state index in [1.807, 2.05) is 10.6 Å². The normalized spacial score (nSPS) is 22.1. The molecule has 2 aliphatic rings. The summed E-state index contributed by atoms with van der Waals surface area (Å²) in [6.45, 7) is 8.41. The highest BCUT2D eigenvalue weighted by Gasteiger charge is 2.35. The zero-order valence-corrected chi connectivity index (χ0v) is 20.5. The summed E-state index contributed by atoms with van der Waals surface area (Å²) in [5.41, 5.74) is 3.81. The zero-order chi connectivity index (χ0) is 24.0. The number of aromatic nitrogens is 4. The Morgan fingerprint density at radius 3 is 2.68 bits per heavy atom. The summed E-state index contributed by atoms with van der Waals surface area (Å²) in [6.07, 6.45) is 5.83. The van der Waals surface area contributed by atoms with Crippen LogP contribution in [0.5, 0.6) is 0 Å². The second kappa shape index (κ2) is 8.88. The highest BCUT2D eigenvalue weighted by molar-refractivity contribution is 5.52. The Kier molecular flexibility index (Phi) is 5.90. The number of piperazine rings is 1. The Hall–Kier alpha value is -3.18. The number of pyridine rings is 1. The van der Waals surface area contributed by atoms with Gasteiger partial charge in [-0.05, 0) is 44.7 Å². The van der Waals surface area contributed by atoms with Crippen molar-refractivity contribution in [3.05, 3.63) is 57.8 Å². The molecule has 0 radical (unpaired) electrons. The number of nitriles is 1. The van der Waals surface area contributed by atoms with Gasteiger partial charge in [-0.3, -0.25) is 19.2 Å². The second-order valence-corrected chi connectivity index (χ2v) is 9.87. The van der Waals surface area contributed by atoms with Gasteiger partial charge in [0.25, 0.3) is 5.56 Å². The lowest BCUT2D eigenvalue weighted by Gasteiger charge is -2.48. The van der Waals surface area contributed by atoms with Gasteiger partial charge in [-0.1, -0.05) is 13.0 Å². The summed E-state index contributed by atoms with van der Waals surface area (Å²) >= 11 is 0. The molecule has 178 valence electrons. The fraction of sp³-hybridized carbons (Fsp3) is 0.538. The van der Waals surface area contributed by atoms with Gasteiger partial charge in [-0.15, -0.1) is 0 Å². The molecule has 3 aromatic heterocycles. The van der Waals surface area contributed by atoms with E-state index >= 15 is 0 Å². The van der Waals surface area contributed by atoms with Crippen LogP contribution in [-0.4, -0.2) is 49.2 Å². The first-order valence-corrected chi connectivity index (χ1v) is 12.3. The number of nitrogens with zero attached hydrogens (tertiary/aromatic N) is 7. The standard InChI is InChI=1S/C26H33N7O/c1-5-22-16-31(25-13-26(34)30(4)24-12-21(10-11-27)29-33(24)25)17(2)15-32(22)18(3)20-8-9-23(28-14-20)19-6-7-19/h8-9,12-14,17-19,22H,5-7,10,15-16H2,1-4H3/t17-,18+,22+/m0/s1. The molecule has 1 saturated carbocycles. The minimum Gasteiger partial charge on any atom is -0.351 e. The van der Waals surface area contributed by atoms with Gasteiger partial charge in [0.15, 0.2) is 0 Å². The van der Waals surface area contributed by atoms with Crippen LogP contribution in [-0.2, 0) is 13.5 Å². The van der Waals surface area contributed by atoms with E-state index in [-0.39, 0.29) is 24.1 Å². The van der Waals surface area contributed by atoms with Crippen molar-refractivity contribution in [1.82, 2.24) is 24.1 Å². The number of aryl methyl sites for hydroxylation is 1. The summed E-state index contributed by atoms with van der Waals surface area (Å²) in [4.78, 5) is 22.4. The predicted molar refractivity (Wildman–Crippen MR) is 132 cm³/mol. The molecule has 0 amide bonds. The van der Waals surface area contributed by atoms with E-state index in [1.165, 1.54) is 24.1 Å². The SMILES string of the molecule is CC[C@@H]1CN(c2cc(=O)n(C)c3cc(CC#N)nn23)[C@@H](C)CN1[C@H](C)c1ccc(C2CC2)nc1. The highest BCUT2D eigenvalue weighted by atomic mass is 16.1. The zero-order valence-electron chi connectivity index (χ0n) is 20.5. The van der Waals surface area contributed by atoms with Gasteiger partial charge in [0.05, 0.1) is 18.2 Å². The van der Waals surface area contributed by atoms with Crippen molar-refractivity contribution < 1.29 is 0 Å². The first-order chi connectivity index (χ1) is 16.4. The van der Waals surface area contributed by atoms with Crippen molar-refractivity contribution in [2.75, 3.05) is 18.0 Å². The summed E-state index contributed by atoms with van der Waals surface area (Å²) in [6, 6.07) is 10.9. The number of hydrogen-bond acceptors (Lipinski definition) is 6. The van der Waals surface area contributed by atoms with Crippen molar-refractivity contribution in [2.24, 2.45) is 7.05 Å². The van der Waals surface area contributed by atoms with E-state index in [2.05, 4.69) is 60.1 Å². The molecule has 8 heteroatoms. The second-order valence-electron chi connectivity index (χ2n) is 9.87. The quantitative estimate of drug-likeness (QED) is 0.562. The van der Waals surface area contributed by atoms with Gasteiger partial charge < -0.3 is 4.90 Å².